The summed E-state index contributed by atoms with van der Waals surface area (Å²) < 4.78 is 1.90. The van der Waals surface area contributed by atoms with Crippen LogP contribution < -0.4 is 10.2 Å². The summed E-state index contributed by atoms with van der Waals surface area (Å²) in [6.45, 7) is 2.91. The van der Waals surface area contributed by atoms with Crippen LogP contribution in [0, 0.1) is 0 Å². The Balaban J connectivity index is 1.89. The molecule has 2 aromatic rings. The fourth-order valence-corrected chi connectivity index (χ4v) is 3.54. The zero-order chi connectivity index (χ0) is 14.6. The van der Waals surface area contributed by atoms with Gasteiger partial charge >= 0.3 is 0 Å². The van der Waals surface area contributed by atoms with Crippen LogP contribution in [0.1, 0.15) is 29.8 Å². The average molecular weight is 282 g/mol. The summed E-state index contributed by atoms with van der Waals surface area (Å²) in [5.74, 6) is 1.09. The third-order valence-electron chi connectivity index (χ3n) is 4.48. The van der Waals surface area contributed by atoms with Gasteiger partial charge in [-0.25, -0.2) is 0 Å². The molecular weight excluding hydrogens is 264 g/mol. The van der Waals surface area contributed by atoms with Crippen molar-refractivity contribution < 1.29 is 4.79 Å². The van der Waals surface area contributed by atoms with Crippen molar-refractivity contribution in [1.29, 1.82) is 0 Å². The average Bonchev–Trinajstić information content (AvgIpc) is 2.83. The summed E-state index contributed by atoms with van der Waals surface area (Å²) in [6, 6.07) is 8.00. The number of rotatable bonds is 1. The zero-order valence-electron chi connectivity index (χ0n) is 12.3. The number of nitrogens with zero attached hydrogens (tertiary/aromatic N) is 3. The van der Waals surface area contributed by atoms with Gasteiger partial charge in [-0.3, -0.25) is 9.48 Å². The lowest BCUT2D eigenvalue weighted by Crippen LogP contribution is -2.46. The maximum atomic E-state index is 12.6. The number of hydrogen-bond acceptors (Lipinski definition) is 3. The molecule has 0 radical (unpaired) electrons. The minimum atomic E-state index is -0.234. The Hall–Kier alpha value is -2.30. The van der Waals surface area contributed by atoms with E-state index in [4.69, 9.17) is 0 Å². The van der Waals surface area contributed by atoms with Crippen molar-refractivity contribution in [2.45, 2.75) is 25.8 Å². The lowest BCUT2D eigenvalue weighted by Gasteiger charge is -2.41. The van der Waals surface area contributed by atoms with E-state index in [1.807, 2.05) is 23.9 Å². The molecule has 1 N–H and O–H groups in total. The fraction of sp³-hybridized carbons (Fsp3) is 0.375. The molecular formula is C16H18N4O. The third kappa shape index (κ3) is 1.63. The van der Waals surface area contributed by atoms with Crippen molar-refractivity contribution in [2.75, 3.05) is 16.8 Å². The van der Waals surface area contributed by atoms with Crippen LogP contribution in [0.2, 0.25) is 0 Å². The SMILES string of the molecule is CCc1nn(C)c2c1NC(=O)C1c3ccccc3CCN21. The van der Waals surface area contributed by atoms with Crippen LogP contribution in [0.15, 0.2) is 24.3 Å². The van der Waals surface area contributed by atoms with Gasteiger partial charge in [0, 0.05) is 13.6 Å². The molecule has 0 saturated heterocycles. The predicted octanol–water partition coefficient (Wildman–Crippen LogP) is 2.04. The maximum Gasteiger partial charge on any atom is 0.251 e. The number of anilines is 2. The number of nitrogens with one attached hydrogen (secondary N) is 1. The molecule has 0 bridgehead atoms. The highest BCUT2D eigenvalue weighted by atomic mass is 16.2. The monoisotopic (exact) mass is 282 g/mol. The van der Waals surface area contributed by atoms with Gasteiger partial charge in [-0.15, -0.1) is 0 Å². The Morgan fingerprint density at radius 1 is 1.38 bits per heavy atom. The summed E-state index contributed by atoms with van der Waals surface area (Å²) in [5.41, 5.74) is 4.24. The number of aromatic nitrogens is 2. The lowest BCUT2D eigenvalue weighted by atomic mass is 9.90. The summed E-state index contributed by atoms with van der Waals surface area (Å²) in [6.07, 6.45) is 1.78. The fourth-order valence-electron chi connectivity index (χ4n) is 3.54. The number of hydrogen-bond donors (Lipinski definition) is 1. The number of carbonyl (C=O) groups excluding carboxylic acids is 1. The Morgan fingerprint density at radius 3 is 3.00 bits per heavy atom. The highest BCUT2D eigenvalue weighted by molar-refractivity contribution is 6.04. The van der Waals surface area contributed by atoms with Gasteiger partial charge in [0.2, 0.25) is 0 Å². The van der Waals surface area contributed by atoms with Gasteiger partial charge in [0.1, 0.15) is 11.7 Å². The number of carbonyl (C=O) groups is 1. The Labute approximate surface area is 123 Å². The quantitative estimate of drug-likeness (QED) is 0.871. The topological polar surface area (TPSA) is 50.2 Å². The molecule has 5 heteroatoms. The van der Waals surface area contributed by atoms with Crippen molar-refractivity contribution in [2.24, 2.45) is 7.05 Å². The molecule has 0 spiro atoms. The van der Waals surface area contributed by atoms with Gasteiger partial charge in [-0.05, 0) is 24.0 Å². The van der Waals surface area contributed by atoms with Crippen molar-refractivity contribution >= 4 is 17.4 Å². The van der Waals surface area contributed by atoms with Crippen LogP contribution in [-0.2, 0) is 24.7 Å². The van der Waals surface area contributed by atoms with Crippen molar-refractivity contribution in [3.63, 3.8) is 0 Å². The Bertz CT molecular complexity index is 734. The first-order chi connectivity index (χ1) is 10.2. The third-order valence-corrected chi connectivity index (χ3v) is 4.48. The second-order valence-corrected chi connectivity index (χ2v) is 5.66. The van der Waals surface area contributed by atoms with Gasteiger partial charge < -0.3 is 10.2 Å². The zero-order valence-corrected chi connectivity index (χ0v) is 12.3. The van der Waals surface area contributed by atoms with Gasteiger partial charge in [-0.1, -0.05) is 31.2 Å². The summed E-state index contributed by atoms with van der Waals surface area (Å²) in [7, 11) is 1.95. The van der Waals surface area contributed by atoms with E-state index in [1.165, 1.54) is 5.56 Å². The van der Waals surface area contributed by atoms with E-state index < -0.39 is 0 Å². The van der Waals surface area contributed by atoms with Crippen LogP contribution in [0.4, 0.5) is 11.5 Å². The molecule has 21 heavy (non-hydrogen) atoms. The van der Waals surface area contributed by atoms with E-state index >= 15 is 0 Å². The first-order valence-electron chi connectivity index (χ1n) is 7.42. The van der Waals surface area contributed by atoms with E-state index in [0.29, 0.717) is 0 Å². The normalized spacial score (nSPS) is 19.6. The standard InChI is InChI=1S/C16H18N4O/c1-3-12-13-16(19(2)18-12)20-9-8-10-6-4-5-7-11(10)14(20)15(21)17-13/h4-7,14H,3,8-9H2,1-2H3,(H,17,21). The molecule has 108 valence electrons. The first-order valence-corrected chi connectivity index (χ1v) is 7.42. The number of aryl methyl sites for hydroxylation is 2. The maximum absolute atomic E-state index is 12.6. The van der Waals surface area contributed by atoms with Gasteiger partial charge in [-0.2, -0.15) is 5.10 Å². The molecule has 0 fully saturated rings. The molecule has 1 aromatic carbocycles. The molecule has 1 amide bonds. The highest BCUT2D eigenvalue weighted by Gasteiger charge is 2.40. The number of fused-ring (bicyclic) bond motifs is 5. The van der Waals surface area contributed by atoms with Crippen LogP contribution in [0.3, 0.4) is 0 Å². The van der Waals surface area contributed by atoms with Gasteiger partial charge in [0.25, 0.3) is 5.91 Å². The van der Waals surface area contributed by atoms with E-state index in [1.54, 1.807) is 0 Å². The largest absolute Gasteiger partial charge is 0.339 e. The van der Waals surface area contributed by atoms with Crippen molar-refractivity contribution in [3.05, 3.63) is 41.1 Å². The van der Waals surface area contributed by atoms with Crippen LogP contribution >= 0.6 is 0 Å². The van der Waals surface area contributed by atoms with E-state index in [2.05, 4.69) is 34.4 Å². The van der Waals surface area contributed by atoms with Gasteiger partial charge in [0.05, 0.1) is 5.69 Å². The molecule has 5 nitrogen and oxygen atoms in total. The molecule has 2 aliphatic rings. The van der Waals surface area contributed by atoms with Crippen LogP contribution in [0.25, 0.3) is 0 Å². The molecule has 3 heterocycles. The van der Waals surface area contributed by atoms with Crippen LogP contribution in [-0.4, -0.2) is 22.2 Å². The molecule has 1 atom stereocenters. The van der Waals surface area contributed by atoms with Crippen molar-refractivity contribution in [3.8, 4) is 0 Å². The molecule has 1 aromatic heterocycles. The second-order valence-electron chi connectivity index (χ2n) is 5.66. The predicted molar refractivity (Wildman–Crippen MR) is 81.4 cm³/mol. The first kappa shape index (κ1) is 12.4. The second kappa shape index (κ2) is 4.35. The molecule has 1 unspecified atom stereocenters. The smallest absolute Gasteiger partial charge is 0.251 e. The summed E-state index contributed by atoms with van der Waals surface area (Å²) in [5, 5.41) is 7.63. The summed E-state index contributed by atoms with van der Waals surface area (Å²) >= 11 is 0. The molecule has 4 rings (SSSR count). The molecule has 2 aliphatic heterocycles. The van der Waals surface area contributed by atoms with E-state index in [0.717, 1.165) is 42.1 Å². The van der Waals surface area contributed by atoms with E-state index in [9.17, 15) is 4.79 Å². The number of benzene rings is 1. The van der Waals surface area contributed by atoms with Crippen LogP contribution in [0.5, 0.6) is 0 Å². The van der Waals surface area contributed by atoms with Gasteiger partial charge in [0.15, 0.2) is 5.82 Å². The van der Waals surface area contributed by atoms with Crippen molar-refractivity contribution in [1.82, 2.24) is 9.78 Å². The molecule has 0 aliphatic carbocycles. The summed E-state index contributed by atoms with van der Waals surface area (Å²) in [4.78, 5) is 14.8. The highest BCUT2D eigenvalue weighted by Crippen LogP contribution is 2.42. The minimum absolute atomic E-state index is 0.0531. The number of amides is 1. The van der Waals surface area contributed by atoms with E-state index in [-0.39, 0.29) is 11.9 Å². The molecule has 0 saturated carbocycles. The Morgan fingerprint density at radius 2 is 2.19 bits per heavy atom. The Kier molecular flexibility index (Phi) is 2.58. The minimum Gasteiger partial charge on any atom is -0.339 e. The lowest BCUT2D eigenvalue weighted by molar-refractivity contribution is -0.118.